The zero-order valence-electron chi connectivity index (χ0n) is 14.8. The van der Waals surface area contributed by atoms with Crippen molar-refractivity contribution in [2.24, 2.45) is 4.99 Å². The number of likely N-dealkylation sites (N-methyl/N-ethyl adjacent to an activating group) is 1. The lowest BCUT2D eigenvalue weighted by Gasteiger charge is -2.18. The quantitative estimate of drug-likeness (QED) is 0.573. The number of hydrogen-bond acceptors (Lipinski definition) is 5. The molecule has 0 bridgehead atoms. The molecule has 0 aliphatic rings. The van der Waals surface area contributed by atoms with E-state index in [-0.39, 0.29) is 12.5 Å². The van der Waals surface area contributed by atoms with Crippen LogP contribution in [0.3, 0.4) is 0 Å². The zero-order chi connectivity index (χ0) is 18.1. The second kappa shape index (κ2) is 9.73. The Morgan fingerprint density at radius 3 is 2.80 bits per heavy atom. The summed E-state index contributed by atoms with van der Waals surface area (Å²) in [7, 11) is 3.47. The van der Waals surface area contributed by atoms with Crippen LogP contribution in [0.4, 0.5) is 0 Å². The Balaban J connectivity index is 1.71. The van der Waals surface area contributed by atoms with E-state index in [9.17, 15) is 4.79 Å². The molecule has 8 heteroatoms. The maximum Gasteiger partial charge on any atom is 0.241 e. The topological polar surface area (TPSA) is 82.5 Å². The Bertz CT molecular complexity index is 700. The van der Waals surface area contributed by atoms with E-state index in [0.717, 1.165) is 17.1 Å². The van der Waals surface area contributed by atoms with Crippen LogP contribution in [0.5, 0.6) is 0 Å². The highest BCUT2D eigenvalue weighted by molar-refractivity contribution is 7.11. The normalized spacial score (nSPS) is 11.2. The molecule has 2 N–H and O–H groups in total. The predicted molar refractivity (Wildman–Crippen MR) is 101 cm³/mol. The number of thiazole rings is 1. The van der Waals surface area contributed by atoms with Crippen LogP contribution in [0.25, 0.3) is 0 Å². The average Bonchev–Trinajstić information content (AvgIpc) is 3.05. The zero-order valence-corrected chi connectivity index (χ0v) is 15.6. The number of carbonyl (C=O) groups is 1. The first-order chi connectivity index (χ1) is 12.1. The van der Waals surface area contributed by atoms with Crippen molar-refractivity contribution in [3.05, 3.63) is 46.2 Å². The predicted octanol–water partition coefficient (Wildman–Crippen LogP) is 1.21. The molecule has 2 aromatic heterocycles. The summed E-state index contributed by atoms with van der Waals surface area (Å²) in [5, 5.41) is 7.18. The molecule has 0 aromatic carbocycles. The molecule has 0 aliphatic heterocycles. The fraction of sp³-hybridized carbons (Fsp3) is 0.412. The Labute approximate surface area is 152 Å². The van der Waals surface area contributed by atoms with Crippen LogP contribution in [0, 0.1) is 6.92 Å². The lowest BCUT2D eigenvalue weighted by Crippen LogP contribution is -2.43. The molecule has 2 aromatic rings. The van der Waals surface area contributed by atoms with Gasteiger partial charge in [0, 0.05) is 50.0 Å². The smallest absolute Gasteiger partial charge is 0.241 e. The minimum atomic E-state index is 0.00368. The molecule has 0 saturated heterocycles. The number of nitrogens with one attached hydrogen (secondary N) is 2. The van der Waals surface area contributed by atoms with Crippen molar-refractivity contribution in [3.63, 3.8) is 0 Å². The van der Waals surface area contributed by atoms with Gasteiger partial charge in [-0.3, -0.25) is 14.8 Å². The number of hydrogen-bond donors (Lipinski definition) is 2. The Kier molecular flexibility index (Phi) is 7.34. The van der Waals surface area contributed by atoms with Crippen LogP contribution >= 0.6 is 11.3 Å². The third-order valence-electron chi connectivity index (χ3n) is 3.56. The van der Waals surface area contributed by atoms with Gasteiger partial charge in [-0.2, -0.15) is 0 Å². The van der Waals surface area contributed by atoms with Gasteiger partial charge >= 0.3 is 0 Å². The van der Waals surface area contributed by atoms with Crippen LogP contribution in [0.1, 0.15) is 15.6 Å². The van der Waals surface area contributed by atoms with E-state index < -0.39 is 0 Å². The van der Waals surface area contributed by atoms with Crippen molar-refractivity contribution in [1.29, 1.82) is 0 Å². The molecule has 2 heterocycles. The van der Waals surface area contributed by atoms with Crippen molar-refractivity contribution >= 4 is 23.2 Å². The lowest BCUT2D eigenvalue weighted by atomic mass is 10.2. The molecule has 2 rings (SSSR count). The highest BCUT2D eigenvalue weighted by Crippen LogP contribution is 2.10. The molecule has 25 heavy (non-hydrogen) atoms. The maximum atomic E-state index is 12.2. The molecular weight excluding hydrogens is 336 g/mol. The molecule has 1 amide bonds. The van der Waals surface area contributed by atoms with Gasteiger partial charge in [0.2, 0.25) is 5.91 Å². The first-order valence-corrected chi connectivity index (χ1v) is 8.90. The number of rotatable bonds is 7. The van der Waals surface area contributed by atoms with E-state index in [0.29, 0.717) is 19.0 Å². The minimum Gasteiger partial charge on any atom is -0.350 e. The molecule has 0 radical (unpaired) electrons. The third-order valence-corrected chi connectivity index (χ3v) is 4.47. The highest BCUT2D eigenvalue weighted by atomic mass is 32.1. The molecule has 0 atom stereocenters. The van der Waals surface area contributed by atoms with Crippen LogP contribution in [0.15, 0.2) is 35.6 Å². The summed E-state index contributed by atoms with van der Waals surface area (Å²) in [5.41, 5.74) is 0.978. The van der Waals surface area contributed by atoms with E-state index in [4.69, 9.17) is 0 Å². The van der Waals surface area contributed by atoms with Gasteiger partial charge in [-0.1, -0.05) is 6.07 Å². The van der Waals surface area contributed by atoms with Gasteiger partial charge in [-0.05, 0) is 19.1 Å². The molecule has 0 unspecified atom stereocenters. The molecule has 0 fully saturated rings. The average molecular weight is 360 g/mol. The monoisotopic (exact) mass is 360 g/mol. The van der Waals surface area contributed by atoms with Crippen LogP contribution in [0.2, 0.25) is 0 Å². The van der Waals surface area contributed by atoms with Gasteiger partial charge in [0.15, 0.2) is 5.96 Å². The number of aromatic nitrogens is 2. The summed E-state index contributed by atoms with van der Waals surface area (Å²) in [5.74, 6) is 0.586. The molecule has 0 saturated carbocycles. The lowest BCUT2D eigenvalue weighted by molar-refractivity contribution is -0.128. The Morgan fingerprint density at radius 2 is 2.16 bits per heavy atom. The van der Waals surface area contributed by atoms with Gasteiger partial charge in [-0.25, -0.2) is 4.98 Å². The number of carbonyl (C=O) groups excluding carboxylic acids is 1. The van der Waals surface area contributed by atoms with Gasteiger partial charge in [0.1, 0.15) is 5.01 Å². The fourth-order valence-corrected chi connectivity index (χ4v) is 2.84. The van der Waals surface area contributed by atoms with Crippen LogP contribution in [-0.2, 0) is 17.8 Å². The molecule has 7 nitrogen and oxygen atoms in total. The number of aryl methyl sites for hydroxylation is 1. The van der Waals surface area contributed by atoms with Gasteiger partial charge in [0.25, 0.3) is 0 Å². The van der Waals surface area contributed by atoms with Crippen molar-refractivity contribution < 1.29 is 4.79 Å². The van der Waals surface area contributed by atoms with E-state index in [1.54, 1.807) is 36.5 Å². The SMILES string of the molecule is CN=C(NCC(=O)N(C)CCc1ccccn1)NCc1ncc(C)s1. The summed E-state index contributed by atoms with van der Waals surface area (Å²) in [4.78, 5) is 27.8. The molecule has 0 spiro atoms. The van der Waals surface area contributed by atoms with Crippen molar-refractivity contribution in [1.82, 2.24) is 25.5 Å². The molecule has 0 aliphatic carbocycles. The largest absolute Gasteiger partial charge is 0.350 e. The summed E-state index contributed by atoms with van der Waals surface area (Å²) in [6.07, 6.45) is 4.34. The Hall–Kier alpha value is -2.48. The van der Waals surface area contributed by atoms with E-state index in [1.807, 2.05) is 31.3 Å². The summed E-state index contributed by atoms with van der Waals surface area (Å²) < 4.78 is 0. The van der Waals surface area contributed by atoms with Gasteiger partial charge in [-0.15, -0.1) is 11.3 Å². The second-order valence-electron chi connectivity index (χ2n) is 5.53. The summed E-state index contributed by atoms with van der Waals surface area (Å²) in [6.45, 7) is 3.42. The number of aliphatic imine (C=N–C) groups is 1. The van der Waals surface area contributed by atoms with Gasteiger partial charge < -0.3 is 15.5 Å². The number of guanidine groups is 1. The van der Waals surface area contributed by atoms with Gasteiger partial charge in [0.05, 0.1) is 13.1 Å². The van der Waals surface area contributed by atoms with Crippen LogP contribution in [-0.4, -0.2) is 53.9 Å². The summed E-state index contributed by atoms with van der Waals surface area (Å²) in [6, 6.07) is 5.79. The fourth-order valence-electron chi connectivity index (χ4n) is 2.11. The first kappa shape index (κ1) is 18.9. The second-order valence-corrected chi connectivity index (χ2v) is 6.85. The third kappa shape index (κ3) is 6.50. The summed E-state index contributed by atoms with van der Waals surface area (Å²) >= 11 is 1.64. The van der Waals surface area contributed by atoms with Crippen molar-refractivity contribution in [2.75, 3.05) is 27.2 Å². The molecular formula is C17H24N6OS. The minimum absolute atomic E-state index is 0.00368. The van der Waals surface area contributed by atoms with Crippen molar-refractivity contribution in [2.45, 2.75) is 19.9 Å². The maximum absolute atomic E-state index is 12.2. The standard InChI is InChI=1S/C17H24N6OS/c1-13-10-20-15(25-13)11-21-17(18-2)22-12-16(24)23(3)9-7-14-6-4-5-8-19-14/h4-6,8,10H,7,9,11-12H2,1-3H3,(H2,18,21,22). The van der Waals surface area contributed by atoms with Crippen LogP contribution < -0.4 is 10.6 Å². The number of pyridine rings is 1. The number of amides is 1. The van der Waals surface area contributed by atoms with E-state index in [2.05, 4.69) is 25.6 Å². The number of nitrogens with zero attached hydrogens (tertiary/aromatic N) is 4. The van der Waals surface area contributed by atoms with E-state index in [1.165, 1.54) is 4.88 Å². The van der Waals surface area contributed by atoms with Crippen molar-refractivity contribution in [3.8, 4) is 0 Å². The Morgan fingerprint density at radius 1 is 1.32 bits per heavy atom. The first-order valence-electron chi connectivity index (χ1n) is 8.08. The molecule has 134 valence electrons. The van der Waals surface area contributed by atoms with E-state index >= 15 is 0 Å². The highest BCUT2D eigenvalue weighted by Gasteiger charge is 2.10.